The van der Waals surface area contributed by atoms with Crippen molar-refractivity contribution in [1.82, 2.24) is 10.3 Å². The molecule has 2 N–H and O–H groups in total. The summed E-state index contributed by atoms with van der Waals surface area (Å²) >= 11 is 0. The number of carbonyl (C=O) groups excluding carboxylic acids is 1. The highest BCUT2D eigenvalue weighted by Crippen LogP contribution is 2.22. The Hall–Kier alpha value is -1.46. The Morgan fingerprint density at radius 2 is 2.36 bits per heavy atom. The van der Waals surface area contributed by atoms with Gasteiger partial charge in [0.05, 0.1) is 12.2 Å². The molecule has 1 aromatic heterocycles. The first kappa shape index (κ1) is 16.9. The van der Waals surface area contributed by atoms with Crippen molar-refractivity contribution in [3.8, 4) is 0 Å². The number of nitrogens with one attached hydrogen (secondary N) is 1. The molecular weight excluding hydrogens is 280 g/mol. The number of carbonyl (C=O) groups is 1. The fourth-order valence-electron chi connectivity index (χ4n) is 2.75. The minimum absolute atomic E-state index is 0.00148. The smallest absolute Gasteiger partial charge is 0.220 e. The standard InChI is InChI=1S/C17H26N2O3/c1-13-5-6-16(22-13)7-8-17(21)19-11-14(12-20)10-15-4-2-3-9-18-15/h2-4,9,13-14,16,20H,5-8,10-12H2,1H3,(H,19,21). The summed E-state index contributed by atoms with van der Waals surface area (Å²) in [4.78, 5) is 16.1. The highest BCUT2D eigenvalue weighted by Gasteiger charge is 2.22. The third-order valence-corrected chi connectivity index (χ3v) is 4.08. The topological polar surface area (TPSA) is 71.5 Å². The zero-order chi connectivity index (χ0) is 15.8. The van der Waals surface area contributed by atoms with Crippen LogP contribution >= 0.6 is 0 Å². The van der Waals surface area contributed by atoms with E-state index in [9.17, 15) is 9.90 Å². The van der Waals surface area contributed by atoms with Crippen molar-refractivity contribution in [1.29, 1.82) is 0 Å². The average molecular weight is 306 g/mol. The van der Waals surface area contributed by atoms with E-state index in [0.29, 0.717) is 25.5 Å². The van der Waals surface area contributed by atoms with E-state index in [4.69, 9.17) is 4.74 Å². The van der Waals surface area contributed by atoms with Gasteiger partial charge in [-0.2, -0.15) is 0 Å². The van der Waals surface area contributed by atoms with Crippen LogP contribution in [0.15, 0.2) is 24.4 Å². The first-order valence-electron chi connectivity index (χ1n) is 8.10. The normalized spacial score (nSPS) is 22.5. The summed E-state index contributed by atoms with van der Waals surface area (Å²) in [5.41, 5.74) is 0.934. The molecule has 0 saturated carbocycles. The van der Waals surface area contributed by atoms with Crippen molar-refractivity contribution in [3.63, 3.8) is 0 Å². The number of aliphatic hydroxyl groups excluding tert-OH is 1. The van der Waals surface area contributed by atoms with E-state index in [1.165, 1.54) is 0 Å². The van der Waals surface area contributed by atoms with Gasteiger partial charge in [-0.3, -0.25) is 9.78 Å². The van der Waals surface area contributed by atoms with Gasteiger partial charge in [0.15, 0.2) is 0 Å². The molecule has 3 unspecified atom stereocenters. The molecule has 5 heteroatoms. The fraction of sp³-hybridized carbons (Fsp3) is 0.647. The van der Waals surface area contributed by atoms with Crippen molar-refractivity contribution in [3.05, 3.63) is 30.1 Å². The van der Waals surface area contributed by atoms with E-state index in [2.05, 4.69) is 17.2 Å². The molecule has 0 spiro atoms. The molecule has 3 atom stereocenters. The summed E-state index contributed by atoms with van der Waals surface area (Å²) < 4.78 is 5.71. The van der Waals surface area contributed by atoms with E-state index in [1.54, 1.807) is 6.20 Å². The van der Waals surface area contributed by atoms with Crippen LogP contribution in [-0.4, -0.2) is 41.4 Å². The number of ether oxygens (including phenoxy) is 1. The van der Waals surface area contributed by atoms with E-state index in [-0.39, 0.29) is 24.5 Å². The molecule has 1 aliphatic rings. The molecule has 0 aromatic carbocycles. The third-order valence-electron chi connectivity index (χ3n) is 4.08. The van der Waals surface area contributed by atoms with Crippen LogP contribution in [0, 0.1) is 5.92 Å². The molecule has 5 nitrogen and oxygen atoms in total. The number of nitrogens with zero attached hydrogens (tertiary/aromatic N) is 1. The second-order valence-electron chi connectivity index (χ2n) is 6.06. The minimum atomic E-state index is 0.00148. The van der Waals surface area contributed by atoms with Gasteiger partial charge in [0, 0.05) is 37.4 Å². The van der Waals surface area contributed by atoms with Crippen molar-refractivity contribution < 1.29 is 14.6 Å². The van der Waals surface area contributed by atoms with Gasteiger partial charge in [0.25, 0.3) is 0 Å². The Morgan fingerprint density at radius 1 is 1.50 bits per heavy atom. The van der Waals surface area contributed by atoms with E-state index >= 15 is 0 Å². The highest BCUT2D eigenvalue weighted by molar-refractivity contribution is 5.75. The number of amides is 1. The molecule has 1 aromatic rings. The SMILES string of the molecule is CC1CCC(CCC(=O)NCC(CO)Cc2ccccn2)O1. The lowest BCUT2D eigenvalue weighted by Gasteiger charge is -2.15. The molecule has 2 rings (SSSR count). The summed E-state index contributed by atoms with van der Waals surface area (Å²) in [6, 6.07) is 5.73. The van der Waals surface area contributed by atoms with Crippen molar-refractivity contribution >= 4 is 5.91 Å². The van der Waals surface area contributed by atoms with Gasteiger partial charge in [-0.25, -0.2) is 0 Å². The largest absolute Gasteiger partial charge is 0.396 e. The lowest BCUT2D eigenvalue weighted by atomic mass is 10.0. The van der Waals surface area contributed by atoms with E-state index < -0.39 is 0 Å². The van der Waals surface area contributed by atoms with Crippen LogP contribution in [0.1, 0.15) is 38.3 Å². The molecule has 0 bridgehead atoms. The Labute approximate surface area is 132 Å². The maximum atomic E-state index is 11.9. The summed E-state index contributed by atoms with van der Waals surface area (Å²) in [7, 11) is 0. The van der Waals surface area contributed by atoms with Crippen LogP contribution in [0.3, 0.4) is 0 Å². The lowest BCUT2D eigenvalue weighted by Crippen LogP contribution is -2.32. The number of aliphatic hydroxyl groups is 1. The summed E-state index contributed by atoms with van der Waals surface area (Å²) in [6.45, 7) is 2.59. The van der Waals surface area contributed by atoms with Crippen molar-refractivity contribution in [2.45, 2.75) is 51.2 Å². The van der Waals surface area contributed by atoms with Crippen LogP contribution < -0.4 is 5.32 Å². The van der Waals surface area contributed by atoms with Crippen LogP contribution in [0.2, 0.25) is 0 Å². The Morgan fingerprint density at radius 3 is 3.00 bits per heavy atom. The maximum Gasteiger partial charge on any atom is 0.220 e. The fourth-order valence-corrected chi connectivity index (χ4v) is 2.75. The highest BCUT2D eigenvalue weighted by atomic mass is 16.5. The van der Waals surface area contributed by atoms with Crippen LogP contribution in [-0.2, 0) is 16.0 Å². The van der Waals surface area contributed by atoms with E-state index in [0.717, 1.165) is 25.0 Å². The number of hydrogen-bond acceptors (Lipinski definition) is 4. The van der Waals surface area contributed by atoms with E-state index in [1.807, 2.05) is 18.2 Å². The molecule has 1 aliphatic heterocycles. The molecular formula is C17H26N2O3. The lowest BCUT2D eigenvalue weighted by molar-refractivity contribution is -0.122. The maximum absolute atomic E-state index is 11.9. The van der Waals surface area contributed by atoms with Crippen molar-refractivity contribution in [2.75, 3.05) is 13.2 Å². The molecule has 122 valence electrons. The molecule has 22 heavy (non-hydrogen) atoms. The summed E-state index contributed by atoms with van der Waals surface area (Å²) in [5.74, 6) is 0.0317. The third kappa shape index (κ3) is 5.73. The van der Waals surface area contributed by atoms with Crippen LogP contribution in [0.5, 0.6) is 0 Å². The Balaban J connectivity index is 1.65. The molecule has 1 fully saturated rings. The second-order valence-corrected chi connectivity index (χ2v) is 6.06. The van der Waals surface area contributed by atoms with Gasteiger partial charge in [-0.1, -0.05) is 6.07 Å². The van der Waals surface area contributed by atoms with Crippen LogP contribution in [0.4, 0.5) is 0 Å². The molecule has 0 radical (unpaired) electrons. The molecule has 2 heterocycles. The van der Waals surface area contributed by atoms with Gasteiger partial charge in [0.1, 0.15) is 0 Å². The number of pyridine rings is 1. The van der Waals surface area contributed by atoms with Gasteiger partial charge in [-0.05, 0) is 44.7 Å². The predicted molar refractivity (Wildman–Crippen MR) is 84.3 cm³/mol. The first-order valence-corrected chi connectivity index (χ1v) is 8.10. The van der Waals surface area contributed by atoms with Gasteiger partial charge >= 0.3 is 0 Å². The average Bonchev–Trinajstić information content (AvgIpc) is 2.96. The molecule has 0 aliphatic carbocycles. The zero-order valence-corrected chi connectivity index (χ0v) is 13.2. The minimum Gasteiger partial charge on any atom is -0.396 e. The Bertz CT molecular complexity index is 452. The number of aromatic nitrogens is 1. The zero-order valence-electron chi connectivity index (χ0n) is 13.2. The van der Waals surface area contributed by atoms with Gasteiger partial charge < -0.3 is 15.2 Å². The quantitative estimate of drug-likeness (QED) is 0.767. The molecule has 1 saturated heterocycles. The van der Waals surface area contributed by atoms with Crippen molar-refractivity contribution in [2.24, 2.45) is 5.92 Å². The summed E-state index contributed by atoms with van der Waals surface area (Å²) in [5, 5.41) is 12.3. The number of rotatable bonds is 8. The number of hydrogen-bond donors (Lipinski definition) is 2. The first-order chi connectivity index (χ1) is 10.7. The summed E-state index contributed by atoms with van der Waals surface area (Å²) in [6.07, 6.45) is 6.36. The Kier molecular flexibility index (Phi) is 6.80. The van der Waals surface area contributed by atoms with Gasteiger partial charge in [-0.15, -0.1) is 0 Å². The monoisotopic (exact) mass is 306 g/mol. The molecule has 1 amide bonds. The predicted octanol–water partition coefficient (Wildman–Crippen LogP) is 1.70. The second kappa shape index (κ2) is 8.86. The van der Waals surface area contributed by atoms with Crippen LogP contribution in [0.25, 0.3) is 0 Å². The van der Waals surface area contributed by atoms with Gasteiger partial charge in [0.2, 0.25) is 5.91 Å².